The number of ether oxygens (including phenoxy) is 3. The highest BCUT2D eigenvalue weighted by Gasteiger charge is 2.37. The number of benzene rings is 2. The third-order valence-electron chi connectivity index (χ3n) is 5.01. The number of nitrogens with zero attached hydrogens (tertiary/aromatic N) is 1. The number of hydrogen-bond acceptors (Lipinski definition) is 6. The lowest BCUT2D eigenvalue weighted by molar-refractivity contribution is -0.139. The first-order chi connectivity index (χ1) is 14.0. The monoisotopic (exact) mass is 395 g/mol. The van der Waals surface area contributed by atoms with E-state index in [0.717, 1.165) is 0 Å². The number of carbonyl (C=O) groups excluding carboxylic acids is 3. The van der Waals surface area contributed by atoms with Gasteiger partial charge in [-0.2, -0.15) is 0 Å². The molecular formula is C22H21NO6. The topological polar surface area (TPSA) is 82.1 Å². The second-order valence-electron chi connectivity index (χ2n) is 6.96. The van der Waals surface area contributed by atoms with Crippen LogP contribution >= 0.6 is 0 Å². The Kier molecular flexibility index (Phi) is 5.20. The van der Waals surface area contributed by atoms with Crippen molar-refractivity contribution in [3.63, 3.8) is 0 Å². The van der Waals surface area contributed by atoms with Gasteiger partial charge in [0.25, 0.3) is 0 Å². The summed E-state index contributed by atoms with van der Waals surface area (Å²) in [5.74, 6) is 0.447. The molecule has 0 saturated carbocycles. The molecule has 0 unspecified atom stereocenters. The molecule has 0 spiro atoms. The van der Waals surface area contributed by atoms with E-state index in [9.17, 15) is 14.4 Å². The van der Waals surface area contributed by atoms with Crippen LogP contribution < -0.4 is 19.1 Å². The number of anilines is 1. The van der Waals surface area contributed by atoms with E-state index in [-0.39, 0.29) is 24.7 Å². The number of carbonyl (C=O) groups is 3. The molecule has 4 rings (SSSR count). The van der Waals surface area contributed by atoms with Crippen LogP contribution in [0.25, 0.3) is 0 Å². The van der Waals surface area contributed by atoms with Gasteiger partial charge in [0.05, 0.1) is 5.92 Å². The molecule has 1 saturated heterocycles. The summed E-state index contributed by atoms with van der Waals surface area (Å²) >= 11 is 0. The fraction of sp³-hybridized carbons (Fsp3) is 0.318. The van der Waals surface area contributed by atoms with Crippen LogP contribution in [0.4, 0.5) is 5.69 Å². The van der Waals surface area contributed by atoms with Crippen molar-refractivity contribution in [2.45, 2.75) is 19.8 Å². The van der Waals surface area contributed by atoms with E-state index in [0.29, 0.717) is 48.1 Å². The average Bonchev–Trinajstić information content (AvgIpc) is 3.15. The maximum Gasteiger partial charge on any atom is 0.316 e. The second kappa shape index (κ2) is 7.95. The van der Waals surface area contributed by atoms with Gasteiger partial charge in [0.15, 0.2) is 17.3 Å². The third kappa shape index (κ3) is 3.94. The molecule has 150 valence electrons. The SMILES string of the molecule is CCC(=O)c1ccc(OC(=O)[C@H]2CC(=O)N(c3ccc4c(c3)OCCO4)C2)cc1. The Bertz CT molecular complexity index is 952. The quantitative estimate of drug-likeness (QED) is 0.440. The van der Waals surface area contributed by atoms with Crippen LogP contribution in [0.2, 0.25) is 0 Å². The summed E-state index contributed by atoms with van der Waals surface area (Å²) < 4.78 is 16.5. The molecule has 0 aromatic heterocycles. The highest BCUT2D eigenvalue weighted by molar-refractivity contribution is 6.00. The van der Waals surface area contributed by atoms with Crippen LogP contribution in [0.3, 0.4) is 0 Å². The molecule has 1 fully saturated rings. The second-order valence-corrected chi connectivity index (χ2v) is 6.96. The van der Waals surface area contributed by atoms with Gasteiger partial charge < -0.3 is 19.1 Å². The molecule has 0 aliphatic carbocycles. The van der Waals surface area contributed by atoms with Gasteiger partial charge in [-0.25, -0.2) is 0 Å². The Hall–Kier alpha value is -3.35. The smallest absolute Gasteiger partial charge is 0.316 e. The number of esters is 1. The standard InChI is InChI=1S/C22H21NO6/c1-2-18(24)14-3-6-17(7-4-14)29-22(26)15-11-21(25)23(13-15)16-5-8-19-20(12-16)28-10-9-27-19/h3-8,12,15H,2,9-11,13H2,1H3/t15-/m0/s1. The van der Waals surface area contributed by atoms with Crippen molar-refractivity contribution in [2.24, 2.45) is 5.92 Å². The predicted molar refractivity (Wildman–Crippen MR) is 105 cm³/mol. The summed E-state index contributed by atoms with van der Waals surface area (Å²) in [7, 11) is 0. The minimum absolute atomic E-state index is 0.0272. The number of ketones is 1. The summed E-state index contributed by atoms with van der Waals surface area (Å²) in [6.45, 7) is 2.99. The first kappa shape index (κ1) is 19.0. The van der Waals surface area contributed by atoms with Gasteiger partial charge in [-0.05, 0) is 36.4 Å². The van der Waals surface area contributed by atoms with E-state index < -0.39 is 11.9 Å². The van der Waals surface area contributed by atoms with E-state index in [1.54, 1.807) is 54.3 Å². The first-order valence-corrected chi connectivity index (χ1v) is 9.60. The van der Waals surface area contributed by atoms with Crippen LogP contribution in [0.1, 0.15) is 30.1 Å². The van der Waals surface area contributed by atoms with Crippen LogP contribution in [-0.4, -0.2) is 37.4 Å². The van der Waals surface area contributed by atoms with Crippen molar-refractivity contribution in [2.75, 3.05) is 24.7 Å². The Labute approximate surface area is 168 Å². The Balaban J connectivity index is 1.42. The van der Waals surface area contributed by atoms with Crippen molar-refractivity contribution in [1.82, 2.24) is 0 Å². The molecule has 1 amide bonds. The van der Waals surface area contributed by atoms with Crippen LogP contribution in [-0.2, 0) is 9.59 Å². The van der Waals surface area contributed by atoms with E-state index in [4.69, 9.17) is 14.2 Å². The highest BCUT2D eigenvalue weighted by atomic mass is 16.6. The van der Waals surface area contributed by atoms with Crippen LogP contribution in [0.15, 0.2) is 42.5 Å². The molecule has 7 heteroatoms. The largest absolute Gasteiger partial charge is 0.486 e. The molecule has 2 aromatic carbocycles. The normalized spacial score (nSPS) is 17.9. The van der Waals surface area contributed by atoms with Gasteiger partial charge in [-0.15, -0.1) is 0 Å². The zero-order chi connectivity index (χ0) is 20.4. The van der Waals surface area contributed by atoms with E-state index in [2.05, 4.69) is 0 Å². The molecule has 2 aromatic rings. The summed E-state index contributed by atoms with van der Waals surface area (Å²) in [5, 5.41) is 0. The summed E-state index contributed by atoms with van der Waals surface area (Å²) in [4.78, 5) is 38.3. The minimum Gasteiger partial charge on any atom is -0.486 e. The van der Waals surface area contributed by atoms with Gasteiger partial charge in [0.2, 0.25) is 5.91 Å². The molecule has 2 aliphatic rings. The Morgan fingerprint density at radius 3 is 2.52 bits per heavy atom. The summed E-state index contributed by atoms with van der Waals surface area (Å²) in [5.41, 5.74) is 1.24. The summed E-state index contributed by atoms with van der Waals surface area (Å²) in [6.07, 6.45) is 0.499. The first-order valence-electron chi connectivity index (χ1n) is 9.60. The fourth-order valence-electron chi connectivity index (χ4n) is 3.43. The average molecular weight is 395 g/mol. The molecule has 29 heavy (non-hydrogen) atoms. The molecule has 7 nitrogen and oxygen atoms in total. The number of fused-ring (bicyclic) bond motifs is 1. The van der Waals surface area contributed by atoms with Gasteiger partial charge in [0.1, 0.15) is 19.0 Å². The predicted octanol–water partition coefficient (Wildman–Crippen LogP) is 3.01. The van der Waals surface area contributed by atoms with E-state index in [1.165, 1.54) is 0 Å². The number of Topliss-reactive ketones (excluding diaryl/α,β-unsaturated/α-hetero) is 1. The van der Waals surface area contributed by atoms with E-state index >= 15 is 0 Å². The molecule has 2 aliphatic heterocycles. The number of rotatable bonds is 5. The van der Waals surface area contributed by atoms with E-state index in [1.807, 2.05) is 0 Å². The number of hydrogen-bond donors (Lipinski definition) is 0. The highest BCUT2D eigenvalue weighted by Crippen LogP contribution is 2.36. The minimum atomic E-state index is -0.562. The molecule has 0 bridgehead atoms. The maximum absolute atomic E-state index is 12.5. The Morgan fingerprint density at radius 1 is 1.07 bits per heavy atom. The van der Waals surface area contributed by atoms with Crippen molar-refractivity contribution in [3.05, 3.63) is 48.0 Å². The van der Waals surface area contributed by atoms with Crippen molar-refractivity contribution in [1.29, 1.82) is 0 Å². The zero-order valence-corrected chi connectivity index (χ0v) is 16.1. The number of amides is 1. The molecular weight excluding hydrogens is 374 g/mol. The fourth-order valence-corrected chi connectivity index (χ4v) is 3.43. The third-order valence-corrected chi connectivity index (χ3v) is 5.01. The van der Waals surface area contributed by atoms with Gasteiger partial charge in [-0.1, -0.05) is 6.92 Å². The van der Waals surface area contributed by atoms with Gasteiger partial charge in [0, 0.05) is 36.7 Å². The van der Waals surface area contributed by atoms with Crippen molar-refractivity contribution in [3.8, 4) is 17.2 Å². The molecule has 2 heterocycles. The molecule has 0 N–H and O–H groups in total. The lowest BCUT2D eigenvalue weighted by Crippen LogP contribution is -2.27. The van der Waals surface area contributed by atoms with Gasteiger partial charge >= 0.3 is 5.97 Å². The summed E-state index contributed by atoms with van der Waals surface area (Å²) in [6, 6.07) is 11.8. The molecule has 0 radical (unpaired) electrons. The zero-order valence-electron chi connectivity index (χ0n) is 16.1. The molecule has 1 atom stereocenters. The van der Waals surface area contributed by atoms with Crippen molar-refractivity contribution >= 4 is 23.3 Å². The Morgan fingerprint density at radius 2 is 1.79 bits per heavy atom. The van der Waals surface area contributed by atoms with Crippen LogP contribution in [0, 0.1) is 5.92 Å². The lowest BCUT2D eigenvalue weighted by Gasteiger charge is -2.22. The van der Waals surface area contributed by atoms with Crippen molar-refractivity contribution < 1.29 is 28.6 Å². The lowest BCUT2D eigenvalue weighted by atomic mass is 10.1. The maximum atomic E-state index is 12.5. The van der Waals surface area contributed by atoms with Gasteiger partial charge in [-0.3, -0.25) is 14.4 Å². The van der Waals surface area contributed by atoms with Crippen LogP contribution in [0.5, 0.6) is 17.2 Å².